The number of pyridine rings is 2. The van der Waals surface area contributed by atoms with Gasteiger partial charge in [-0.05, 0) is 72.3 Å². The lowest BCUT2D eigenvalue weighted by molar-refractivity contribution is 0.0953. The van der Waals surface area contributed by atoms with Gasteiger partial charge in [0.2, 0.25) is 0 Å². The Hall–Kier alpha value is -5.10. The Morgan fingerprint density at radius 1 is 0.889 bits per heavy atom. The van der Waals surface area contributed by atoms with Crippen molar-refractivity contribution in [3.05, 3.63) is 137 Å². The van der Waals surface area contributed by atoms with E-state index in [-0.39, 0.29) is 47.7 Å². The highest BCUT2D eigenvalue weighted by atomic mass is 35.5. The van der Waals surface area contributed by atoms with E-state index in [1.54, 1.807) is 36.5 Å². The number of nitrogens with one attached hydrogen (secondary N) is 2. The number of ether oxygens (including phenoxy) is 1. The summed E-state index contributed by atoms with van der Waals surface area (Å²) in [6.45, 7) is 0.690. The van der Waals surface area contributed by atoms with E-state index in [0.717, 1.165) is 6.07 Å². The summed E-state index contributed by atoms with van der Waals surface area (Å²) in [4.78, 5) is 42.2. The second kappa shape index (κ2) is 15.6. The van der Waals surface area contributed by atoms with Gasteiger partial charge in [0.1, 0.15) is 17.1 Å². The van der Waals surface area contributed by atoms with Gasteiger partial charge in [0.15, 0.2) is 11.6 Å². The lowest BCUT2D eigenvalue weighted by Crippen LogP contribution is -2.28. The molecule has 0 aliphatic heterocycles. The molecule has 2 aromatic heterocycles. The van der Waals surface area contributed by atoms with Crippen molar-refractivity contribution in [2.24, 2.45) is 5.73 Å². The van der Waals surface area contributed by atoms with E-state index < -0.39 is 23.1 Å². The van der Waals surface area contributed by atoms with Crippen molar-refractivity contribution >= 4 is 42.3 Å². The molecule has 0 saturated heterocycles. The van der Waals surface area contributed by atoms with Crippen LogP contribution in [0, 0.1) is 11.6 Å². The van der Waals surface area contributed by atoms with Gasteiger partial charge in [-0.1, -0.05) is 12.1 Å². The van der Waals surface area contributed by atoms with Crippen LogP contribution in [0.15, 0.2) is 108 Å². The Morgan fingerprint density at radius 2 is 1.62 bits per heavy atom. The second-order valence-electron chi connectivity index (χ2n) is 9.27. The molecular formula is C32H27Cl2F2N5O4. The highest BCUT2D eigenvalue weighted by Crippen LogP contribution is 2.34. The number of carbonyl (C=O) groups excluding carboxylic acids is 2. The highest BCUT2D eigenvalue weighted by Gasteiger charge is 2.16. The third kappa shape index (κ3) is 8.09. The fraction of sp³-hybridized carbons (Fsp3) is 0.0625. The van der Waals surface area contributed by atoms with Crippen LogP contribution in [0.2, 0.25) is 0 Å². The van der Waals surface area contributed by atoms with Gasteiger partial charge in [-0.25, -0.2) is 8.78 Å². The van der Waals surface area contributed by atoms with Crippen molar-refractivity contribution in [3.8, 4) is 28.3 Å². The van der Waals surface area contributed by atoms with Crippen molar-refractivity contribution in [1.29, 1.82) is 0 Å². The Morgan fingerprint density at radius 3 is 2.31 bits per heavy atom. The number of benzene rings is 3. The number of hydrogen-bond acceptors (Lipinski definition) is 6. The zero-order chi connectivity index (χ0) is 30.3. The van der Waals surface area contributed by atoms with Crippen LogP contribution in [0.25, 0.3) is 16.8 Å². The molecule has 0 fully saturated rings. The van der Waals surface area contributed by atoms with Gasteiger partial charge in [0, 0.05) is 60.2 Å². The topological polar surface area (TPSA) is 128 Å². The fourth-order valence-electron chi connectivity index (χ4n) is 4.23. The van der Waals surface area contributed by atoms with Crippen LogP contribution in [0.5, 0.6) is 11.5 Å². The molecule has 0 radical (unpaired) electrons. The number of amides is 2. The van der Waals surface area contributed by atoms with E-state index in [1.807, 2.05) is 0 Å². The fourth-order valence-corrected chi connectivity index (χ4v) is 4.23. The van der Waals surface area contributed by atoms with E-state index >= 15 is 4.39 Å². The van der Waals surface area contributed by atoms with Crippen LogP contribution in [0.1, 0.15) is 20.7 Å². The number of halogens is 4. The minimum atomic E-state index is -0.760. The number of hydrogen-bond donors (Lipinski definition) is 3. The first-order valence-corrected chi connectivity index (χ1v) is 13.1. The first kappa shape index (κ1) is 34.4. The zero-order valence-electron chi connectivity index (χ0n) is 23.4. The quantitative estimate of drug-likeness (QED) is 0.186. The van der Waals surface area contributed by atoms with Crippen LogP contribution >= 0.6 is 24.8 Å². The summed E-state index contributed by atoms with van der Waals surface area (Å²) in [5.41, 5.74) is 6.82. The summed E-state index contributed by atoms with van der Waals surface area (Å²) < 4.78 is 35.5. The van der Waals surface area contributed by atoms with Crippen LogP contribution in [0.3, 0.4) is 0 Å². The average molecular weight is 655 g/mol. The highest BCUT2D eigenvalue weighted by molar-refractivity contribution is 6.04. The Balaban J connectivity index is 0.00000276. The monoisotopic (exact) mass is 653 g/mol. The molecule has 3 aromatic carbocycles. The first-order chi connectivity index (χ1) is 20.8. The molecule has 0 bridgehead atoms. The van der Waals surface area contributed by atoms with Gasteiger partial charge >= 0.3 is 0 Å². The minimum Gasteiger partial charge on any atom is -0.454 e. The first-order valence-electron chi connectivity index (χ1n) is 13.1. The summed E-state index contributed by atoms with van der Waals surface area (Å²) in [6, 6.07) is 20.3. The number of rotatable bonds is 9. The number of anilines is 1. The molecule has 0 aliphatic carbocycles. The molecule has 5 rings (SSSR count). The number of nitrogens with zero attached hydrogens (tertiary/aromatic N) is 2. The van der Waals surface area contributed by atoms with Gasteiger partial charge in [0.05, 0.1) is 0 Å². The van der Waals surface area contributed by atoms with Crippen LogP contribution in [-0.2, 0) is 0 Å². The molecule has 0 aliphatic rings. The molecule has 5 aromatic rings. The van der Waals surface area contributed by atoms with Gasteiger partial charge in [-0.2, -0.15) is 0 Å². The molecule has 9 nitrogen and oxygen atoms in total. The van der Waals surface area contributed by atoms with Crippen LogP contribution in [0.4, 0.5) is 14.5 Å². The van der Waals surface area contributed by atoms with Crippen molar-refractivity contribution in [2.75, 3.05) is 18.4 Å². The molecule has 0 atom stereocenters. The molecule has 45 heavy (non-hydrogen) atoms. The molecule has 232 valence electrons. The van der Waals surface area contributed by atoms with E-state index in [2.05, 4.69) is 15.6 Å². The van der Waals surface area contributed by atoms with E-state index in [1.165, 1.54) is 65.5 Å². The van der Waals surface area contributed by atoms with Crippen LogP contribution < -0.4 is 26.7 Å². The second-order valence-corrected chi connectivity index (χ2v) is 9.27. The summed E-state index contributed by atoms with van der Waals surface area (Å²) in [7, 11) is 0. The van der Waals surface area contributed by atoms with Gasteiger partial charge < -0.3 is 21.1 Å². The summed E-state index contributed by atoms with van der Waals surface area (Å²) in [5, 5.41) is 5.23. The maximum Gasteiger partial charge on any atom is 0.267 e. The average Bonchev–Trinajstić information content (AvgIpc) is 3.02. The molecule has 0 spiro atoms. The molecule has 4 N–H and O–H groups in total. The number of carbonyl (C=O) groups is 2. The maximum absolute atomic E-state index is 15.1. The standard InChI is InChI=1S/C32H25F2N5O4.2ClH/c33-22-7-10-24(11-8-22)39-17-1-2-25(32(39)42)31(41)38-23-9-12-29(27(34)18-23)43-28-13-15-36-19-26(28)20-3-5-21(6-4-20)30(40)37-16-14-35;;/h1-13,15,17-19H,14,16,35H2,(H,37,40)(H,38,41);2*1H. The molecule has 0 saturated carbocycles. The van der Waals surface area contributed by atoms with Crippen molar-refractivity contribution < 1.29 is 23.1 Å². The minimum absolute atomic E-state index is 0. The van der Waals surface area contributed by atoms with Crippen molar-refractivity contribution in [2.45, 2.75) is 0 Å². The van der Waals surface area contributed by atoms with Gasteiger partial charge in [-0.3, -0.25) is 23.9 Å². The largest absolute Gasteiger partial charge is 0.454 e. The number of nitrogens with two attached hydrogens (primary N) is 1. The summed E-state index contributed by atoms with van der Waals surface area (Å²) in [5.74, 6) is -2.01. The van der Waals surface area contributed by atoms with Gasteiger partial charge in [-0.15, -0.1) is 24.8 Å². The lowest BCUT2D eigenvalue weighted by atomic mass is 10.0. The van der Waals surface area contributed by atoms with Crippen molar-refractivity contribution in [1.82, 2.24) is 14.9 Å². The van der Waals surface area contributed by atoms with E-state index in [0.29, 0.717) is 41.2 Å². The van der Waals surface area contributed by atoms with E-state index in [4.69, 9.17) is 10.5 Å². The van der Waals surface area contributed by atoms with Gasteiger partial charge in [0.25, 0.3) is 17.4 Å². The molecule has 2 heterocycles. The maximum atomic E-state index is 15.1. The molecular weight excluding hydrogens is 627 g/mol. The predicted octanol–water partition coefficient (Wildman–Crippen LogP) is 5.75. The molecule has 0 unspecified atom stereocenters. The molecule has 13 heteroatoms. The zero-order valence-corrected chi connectivity index (χ0v) is 25.0. The SMILES string of the molecule is Cl.Cl.NCCNC(=O)c1ccc(-c2cnccc2Oc2ccc(NC(=O)c3cccn(-c4ccc(F)cc4)c3=O)cc2F)cc1. The third-order valence-electron chi connectivity index (χ3n) is 6.38. The number of aromatic nitrogens is 2. The smallest absolute Gasteiger partial charge is 0.267 e. The Bertz CT molecular complexity index is 1850. The molecule has 2 amide bonds. The van der Waals surface area contributed by atoms with E-state index in [9.17, 15) is 18.8 Å². The normalized spacial score (nSPS) is 10.2. The Labute approximate surface area is 268 Å². The summed E-state index contributed by atoms with van der Waals surface area (Å²) in [6.07, 6.45) is 4.52. The lowest BCUT2D eigenvalue weighted by Gasteiger charge is -2.13. The third-order valence-corrected chi connectivity index (χ3v) is 6.38. The summed E-state index contributed by atoms with van der Waals surface area (Å²) >= 11 is 0. The van der Waals surface area contributed by atoms with Crippen molar-refractivity contribution in [3.63, 3.8) is 0 Å². The predicted molar refractivity (Wildman–Crippen MR) is 172 cm³/mol. The van der Waals surface area contributed by atoms with Crippen LogP contribution in [-0.4, -0.2) is 34.5 Å². The Kier molecular flexibility index (Phi) is 11.9.